The molecular weight excluding hydrogens is 284 g/mol. The van der Waals surface area contributed by atoms with Gasteiger partial charge in [-0.25, -0.2) is 0 Å². The summed E-state index contributed by atoms with van der Waals surface area (Å²) in [6.07, 6.45) is 1.74. The molecule has 2 atom stereocenters. The maximum Gasteiger partial charge on any atom is 0.222 e. The summed E-state index contributed by atoms with van der Waals surface area (Å²) in [6.45, 7) is 4.07. The molecule has 2 N–H and O–H groups in total. The molecule has 2 aromatic rings. The molecule has 0 radical (unpaired) electrons. The molecular formula is C16H18N2O4. The third-order valence-electron chi connectivity index (χ3n) is 4.17. The Bertz CT molecular complexity index is 714. The number of hydrogen-bond acceptors (Lipinski definition) is 6. The molecule has 0 saturated carbocycles. The highest BCUT2D eigenvalue weighted by Gasteiger charge is 2.37. The highest BCUT2D eigenvalue weighted by atomic mass is 16.5. The molecule has 0 amide bonds. The topological polar surface area (TPSA) is 79.7 Å². The molecule has 2 aliphatic heterocycles. The van der Waals surface area contributed by atoms with Crippen LogP contribution >= 0.6 is 0 Å². The van der Waals surface area contributed by atoms with Crippen molar-refractivity contribution in [3.8, 4) is 28.5 Å². The van der Waals surface area contributed by atoms with E-state index in [2.05, 4.69) is 5.16 Å². The zero-order chi connectivity index (χ0) is 15.4. The minimum Gasteiger partial charge on any atom is -0.492 e. The summed E-state index contributed by atoms with van der Waals surface area (Å²) >= 11 is 0. The first-order valence-corrected chi connectivity index (χ1v) is 7.40. The molecule has 6 heteroatoms. The van der Waals surface area contributed by atoms with Gasteiger partial charge in [-0.3, -0.25) is 0 Å². The van der Waals surface area contributed by atoms with Gasteiger partial charge in [0, 0.05) is 30.0 Å². The lowest BCUT2D eigenvalue weighted by molar-refractivity contribution is 0.242. The summed E-state index contributed by atoms with van der Waals surface area (Å²) in [6, 6.07) is 1.72. The zero-order valence-corrected chi connectivity index (χ0v) is 12.8. The Labute approximate surface area is 128 Å². The normalized spacial score (nSPS) is 22.0. The van der Waals surface area contributed by atoms with Gasteiger partial charge < -0.3 is 24.5 Å². The molecule has 0 saturated heterocycles. The van der Waals surface area contributed by atoms with Crippen LogP contribution in [-0.4, -0.2) is 24.5 Å². The number of fused-ring (bicyclic) bond motifs is 2. The zero-order valence-electron chi connectivity index (χ0n) is 12.8. The predicted octanol–water partition coefficient (Wildman–Crippen LogP) is 2.58. The van der Waals surface area contributed by atoms with Crippen LogP contribution in [0.4, 0.5) is 5.88 Å². The minimum atomic E-state index is 0.0897. The molecule has 6 nitrogen and oxygen atoms in total. The Morgan fingerprint density at radius 1 is 1.14 bits per heavy atom. The van der Waals surface area contributed by atoms with Gasteiger partial charge in [0.1, 0.15) is 23.7 Å². The van der Waals surface area contributed by atoms with E-state index in [1.807, 2.05) is 13.8 Å². The van der Waals surface area contributed by atoms with Crippen molar-refractivity contribution in [2.75, 3.05) is 12.8 Å². The van der Waals surface area contributed by atoms with Crippen LogP contribution in [0.15, 0.2) is 10.6 Å². The van der Waals surface area contributed by atoms with Crippen LogP contribution in [-0.2, 0) is 12.8 Å². The molecule has 1 aromatic heterocycles. The summed E-state index contributed by atoms with van der Waals surface area (Å²) in [4.78, 5) is 0. The Balaban J connectivity index is 2.02. The second-order valence-corrected chi connectivity index (χ2v) is 5.90. The van der Waals surface area contributed by atoms with Crippen LogP contribution in [0.25, 0.3) is 11.3 Å². The van der Waals surface area contributed by atoms with E-state index in [0.717, 1.165) is 46.8 Å². The Hall–Kier alpha value is -2.37. The largest absolute Gasteiger partial charge is 0.492 e. The lowest BCUT2D eigenvalue weighted by Gasteiger charge is -2.15. The average molecular weight is 302 g/mol. The summed E-state index contributed by atoms with van der Waals surface area (Å²) in [5.41, 5.74) is 9.36. The monoisotopic (exact) mass is 302 g/mol. The minimum absolute atomic E-state index is 0.0897. The molecule has 4 rings (SSSR count). The van der Waals surface area contributed by atoms with Gasteiger partial charge in [0.25, 0.3) is 0 Å². The Morgan fingerprint density at radius 2 is 1.82 bits per heavy atom. The number of ether oxygens (including phenoxy) is 3. The number of hydrogen-bond donors (Lipinski definition) is 1. The van der Waals surface area contributed by atoms with E-state index in [1.165, 1.54) is 0 Å². The van der Waals surface area contributed by atoms with Gasteiger partial charge in [-0.2, -0.15) is 0 Å². The van der Waals surface area contributed by atoms with E-state index in [1.54, 1.807) is 13.2 Å². The maximum atomic E-state index is 6.05. The number of rotatable bonds is 2. The van der Waals surface area contributed by atoms with Crippen LogP contribution in [0.2, 0.25) is 0 Å². The highest BCUT2D eigenvalue weighted by Crippen LogP contribution is 2.54. The quantitative estimate of drug-likeness (QED) is 0.918. The highest BCUT2D eigenvalue weighted by molar-refractivity contribution is 5.82. The summed E-state index contributed by atoms with van der Waals surface area (Å²) in [5.74, 6) is 2.67. The van der Waals surface area contributed by atoms with Crippen LogP contribution in [0.3, 0.4) is 0 Å². The Morgan fingerprint density at radius 3 is 2.45 bits per heavy atom. The second kappa shape index (κ2) is 4.56. The number of nitrogens with two attached hydrogens (primary N) is 1. The smallest absolute Gasteiger partial charge is 0.222 e. The molecule has 116 valence electrons. The van der Waals surface area contributed by atoms with Gasteiger partial charge in [-0.05, 0) is 13.8 Å². The second-order valence-electron chi connectivity index (χ2n) is 5.90. The number of nitrogen functional groups attached to an aromatic ring is 1. The fraction of sp³-hybridized carbons (Fsp3) is 0.438. The first-order valence-electron chi connectivity index (χ1n) is 7.40. The van der Waals surface area contributed by atoms with Crippen molar-refractivity contribution >= 4 is 5.88 Å². The van der Waals surface area contributed by atoms with E-state index in [9.17, 15) is 0 Å². The van der Waals surface area contributed by atoms with Crippen LogP contribution in [0.1, 0.15) is 25.0 Å². The number of methoxy groups -OCH3 is 1. The fourth-order valence-corrected chi connectivity index (χ4v) is 3.37. The molecule has 0 fully saturated rings. The summed E-state index contributed by atoms with van der Waals surface area (Å²) in [5, 5.41) is 4.07. The van der Waals surface area contributed by atoms with Crippen molar-refractivity contribution in [2.24, 2.45) is 0 Å². The van der Waals surface area contributed by atoms with Crippen LogP contribution in [0.5, 0.6) is 17.2 Å². The first kappa shape index (κ1) is 13.3. The molecule has 0 aliphatic carbocycles. The van der Waals surface area contributed by atoms with Crippen molar-refractivity contribution in [3.05, 3.63) is 17.2 Å². The molecule has 3 heterocycles. The molecule has 1 aromatic carbocycles. The molecule has 2 unspecified atom stereocenters. The van der Waals surface area contributed by atoms with Gasteiger partial charge in [0.2, 0.25) is 5.88 Å². The standard InChI is InChI=1S/C16H18N2O4/c1-7-4-9-13(11-6-12(17)22-18-11)14-10(5-8(2)20-14)15(19-3)16(9)21-7/h6-8H,4-5,17H2,1-3H3. The van der Waals surface area contributed by atoms with E-state index >= 15 is 0 Å². The summed E-state index contributed by atoms with van der Waals surface area (Å²) < 4.78 is 22.7. The fourth-order valence-electron chi connectivity index (χ4n) is 3.37. The average Bonchev–Trinajstić information content (AvgIpc) is 3.14. The number of aromatic nitrogens is 1. The van der Waals surface area contributed by atoms with Crippen molar-refractivity contribution in [1.29, 1.82) is 0 Å². The SMILES string of the molecule is COc1c2c(c(-c3cc(N)on3)c3c1OC(C)C3)OC(C)C2. The molecule has 0 spiro atoms. The van der Waals surface area contributed by atoms with Crippen molar-refractivity contribution in [3.63, 3.8) is 0 Å². The Kier molecular flexibility index (Phi) is 2.76. The van der Waals surface area contributed by atoms with Gasteiger partial charge in [0.05, 0.1) is 12.7 Å². The van der Waals surface area contributed by atoms with Gasteiger partial charge >= 0.3 is 0 Å². The van der Waals surface area contributed by atoms with Crippen molar-refractivity contribution in [2.45, 2.75) is 38.9 Å². The lowest BCUT2D eigenvalue weighted by Crippen LogP contribution is -2.07. The van der Waals surface area contributed by atoms with E-state index < -0.39 is 0 Å². The third kappa shape index (κ3) is 1.76. The van der Waals surface area contributed by atoms with Crippen LogP contribution < -0.4 is 19.9 Å². The molecule has 0 bridgehead atoms. The molecule has 22 heavy (non-hydrogen) atoms. The van der Waals surface area contributed by atoms with Crippen molar-refractivity contribution in [1.82, 2.24) is 5.16 Å². The maximum absolute atomic E-state index is 6.05. The number of nitrogens with zero attached hydrogens (tertiary/aromatic N) is 1. The summed E-state index contributed by atoms with van der Waals surface area (Å²) in [7, 11) is 1.67. The van der Waals surface area contributed by atoms with Crippen LogP contribution in [0, 0.1) is 0 Å². The number of anilines is 1. The van der Waals surface area contributed by atoms with Gasteiger partial charge in [-0.15, -0.1) is 0 Å². The van der Waals surface area contributed by atoms with Gasteiger partial charge in [-0.1, -0.05) is 5.16 Å². The lowest BCUT2D eigenvalue weighted by atomic mass is 9.95. The van der Waals surface area contributed by atoms with Crippen molar-refractivity contribution < 1.29 is 18.7 Å². The van der Waals surface area contributed by atoms with E-state index in [4.69, 9.17) is 24.5 Å². The van der Waals surface area contributed by atoms with E-state index in [0.29, 0.717) is 5.69 Å². The number of benzene rings is 1. The van der Waals surface area contributed by atoms with Gasteiger partial charge in [0.15, 0.2) is 11.5 Å². The predicted molar refractivity (Wildman–Crippen MR) is 80.5 cm³/mol. The third-order valence-corrected chi connectivity index (χ3v) is 4.17. The molecule has 2 aliphatic rings. The first-order chi connectivity index (χ1) is 10.6. The van der Waals surface area contributed by atoms with E-state index in [-0.39, 0.29) is 18.1 Å².